The van der Waals surface area contributed by atoms with E-state index >= 15 is 0 Å². The highest BCUT2D eigenvalue weighted by molar-refractivity contribution is 9.10. The van der Waals surface area contributed by atoms with Gasteiger partial charge < -0.3 is 10.1 Å². The van der Waals surface area contributed by atoms with E-state index in [-0.39, 0.29) is 6.09 Å². The number of alkyl carbamates (subject to hydrolysis) is 1. The van der Waals surface area contributed by atoms with Crippen molar-refractivity contribution in [3.05, 3.63) is 32.7 Å². The lowest BCUT2D eigenvalue weighted by Gasteiger charge is -2.29. The van der Waals surface area contributed by atoms with Crippen molar-refractivity contribution in [3.63, 3.8) is 0 Å². The maximum atomic E-state index is 11.9. The quantitative estimate of drug-likeness (QED) is 0.766. The highest BCUT2D eigenvalue weighted by atomic mass is 79.9. The van der Waals surface area contributed by atoms with Crippen LogP contribution in [0.1, 0.15) is 41.8 Å². The van der Waals surface area contributed by atoms with E-state index in [2.05, 4.69) is 37.5 Å². The molecule has 0 radical (unpaired) electrons. The van der Waals surface area contributed by atoms with Gasteiger partial charge in [0.25, 0.3) is 0 Å². The molecule has 0 unspecified atom stereocenters. The minimum atomic E-state index is -0.438. The van der Waals surface area contributed by atoms with E-state index in [0.717, 1.165) is 57.7 Å². The summed E-state index contributed by atoms with van der Waals surface area (Å²) in [6.07, 6.45) is 4.28. The normalized spacial score (nSPS) is 16.0. The molecule has 134 valence electrons. The summed E-state index contributed by atoms with van der Waals surface area (Å²) < 4.78 is 11.4. The molecule has 0 aromatic carbocycles. The minimum absolute atomic E-state index is 0.359. The summed E-state index contributed by atoms with van der Waals surface area (Å²) in [6.45, 7) is 4.05. The average Bonchev–Trinajstić information content (AvgIpc) is 3.18. The molecule has 1 aliphatic rings. The molecule has 2 heterocycles. The fourth-order valence-corrected chi connectivity index (χ4v) is 4.31. The lowest BCUT2D eigenvalue weighted by Crippen LogP contribution is -2.38. The number of amides is 1. The maximum Gasteiger partial charge on any atom is 0.407 e. The Kier molecular flexibility index (Phi) is 5.43. The number of aromatic nitrogens is 2. The Balaban J connectivity index is 1.95. The van der Waals surface area contributed by atoms with Crippen LogP contribution in [0.15, 0.2) is 16.6 Å². The second-order valence-corrected chi connectivity index (χ2v) is 8.37. The Morgan fingerprint density at radius 3 is 2.72 bits per heavy atom. The van der Waals surface area contributed by atoms with Crippen molar-refractivity contribution in [3.8, 4) is 11.4 Å². The van der Waals surface area contributed by atoms with Gasteiger partial charge in [0.2, 0.25) is 0 Å². The summed E-state index contributed by atoms with van der Waals surface area (Å²) in [6, 6.07) is 3.98. The van der Waals surface area contributed by atoms with E-state index in [1.165, 1.54) is 11.5 Å². The molecule has 2 aromatic rings. The van der Waals surface area contributed by atoms with E-state index in [4.69, 9.17) is 4.74 Å². The van der Waals surface area contributed by atoms with Gasteiger partial charge in [-0.05, 0) is 84.7 Å². The SMILES string of the molecule is CNC(=O)OC1(Cc2c(-c3ccc(Br)c(C)n3)nsc2C)CCCC1. The van der Waals surface area contributed by atoms with Crippen molar-refractivity contribution in [1.29, 1.82) is 0 Å². The Morgan fingerprint density at radius 1 is 1.36 bits per heavy atom. The highest BCUT2D eigenvalue weighted by Gasteiger charge is 2.39. The van der Waals surface area contributed by atoms with Gasteiger partial charge in [0.1, 0.15) is 11.3 Å². The van der Waals surface area contributed by atoms with E-state index in [9.17, 15) is 4.79 Å². The number of aryl methyl sites for hydroxylation is 2. The number of carbonyl (C=O) groups is 1. The molecule has 1 N–H and O–H groups in total. The lowest BCUT2D eigenvalue weighted by molar-refractivity contribution is 0.0174. The Hall–Kier alpha value is -1.47. The van der Waals surface area contributed by atoms with Gasteiger partial charge in [0, 0.05) is 22.8 Å². The van der Waals surface area contributed by atoms with Crippen molar-refractivity contribution >= 4 is 33.6 Å². The first-order valence-corrected chi connectivity index (χ1v) is 10.0. The first-order valence-electron chi connectivity index (χ1n) is 8.43. The molecule has 0 bridgehead atoms. The summed E-state index contributed by atoms with van der Waals surface area (Å²) in [5.74, 6) is 0. The van der Waals surface area contributed by atoms with Crippen LogP contribution in [-0.2, 0) is 11.2 Å². The van der Waals surface area contributed by atoms with Crippen LogP contribution in [0, 0.1) is 13.8 Å². The third-order valence-electron chi connectivity index (χ3n) is 4.78. The van der Waals surface area contributed by atoms with Gasteiger partial charge in [-0.3, -0.25) is 4.98 Å². The summed E-state index contributed by atoms with van der Waals surface area (Å²) in [4.78, 5) is 17.7. The second kappa shape index (κ2) is 7.41. The number of nitrogens with one attached hydrogen (secondary N) is 1. The molecule has 1 fully saturated rings. The number of halogens is 1. The van der Waals surface area contributed by atoms with Gasteiger partial charge in [-0.2, -0.15) is 4.37 Å². The standard InChI is InChI=1S/C18H22BrN3O2S/c1-11-14(19)6-7-15(21-11)16-13(12(2)25-22-16)10-18(8-4-5-9-18)24-17(23)20-3/h6-7H,4-5,8-10H2,1-3H3,(H,20,23). The zero-order chi connectivity index (χ0) is 18.0. The van der Waals surface area contributed by atoms with Gasteiger partial charge in [-0.15, -0.1) is 0 Å². The molecule has 3 rings (SSSR count). The smallest absolute Gasteiger partial charge is 0.407 e. The van der Waals surface area contributed by atoms with Crippen molar-refractivity contribution < 1.29 is 9.53 Å². The summed E-state index contributed by atoms with van der Waals surface area (Å²) in [7, 11) is 1.60. The zero-order valence-corrected chi connectivity index (χ0v) is 17.1. The molecule has 2 aromatic heterocycles. The molecule has 25 heavy (non-hydrogen) atoms. The van der Waals surface area contributed by atoms with Crippen molar-refractivity contribution in [1.82, 2.24) is 14.7 Å². The highest BCUT2D eigenvalue weighted by Crippen LogP contribution is 2.40. The van der Waals surface area contributed by atoms with Crippen LogP contribution >= 0.6 is 27.5 Å². The van der Waals surface area contributed by atoms with Crippen LogP contribution in [0.2, 0.25) is 0 Å². The number of pyridine rings is 1. The second-order valence-electron chi connectivity index (χ2n) is 6.54. The van der Waals surface area contributed by atoms with Crippen LogP contribution in [0.5, 0.6) is 0 Å². The van der Waals surface area contributed by atoms with Crippen molar-refractivity contribution in [2.75, 3.05) is 7.05 Å². The predicted octanol–water partition coefficient (Wildman–Crippen LogP) is 4.80. The Bertz CT molecular complexity index is 785. The molecule has 5 nitrogen and oxygen atoms in total. The fraction of sp³-hybridized carbons (Fsp3) is 0.500. The molecule has 1 aliphatic carbocycles. The van der Waals surface area contributed by atoms with Gasteiger partial charge in [0.15, 0.2) is 0 Å². The number of ether oxygens (including phenoxy) is 1. The zero-order valence-electron chi connectivity index (χ0n) is 14.7. The first kappa shape index (κ1) is 18.3. The molecular weight excluding hydrogens is 402 g/mol. The molecule has 0 aliphatic heterocycles. The topological polar surface area (TPSA) is 64.1 Å². The third kappa shape index (κ3) is 3.87. The predicted molar refractivity (Wildman–Crippen MR) is 103 cm³/mol. The lowest BCUT2D eigenvalue weighted by atomic mass is 9.91. The van der Waals surface area contributed by atoms with Crippen molar-refractivity contribution in [2.45, 2.75) is 51.6 Å². The van der Waals surface area contributed by atoms with E-state index in [1.807, 2.05) is 19.1 Å². The number of hydrogen-bond donors (Lipinski definition) is 1. The van der Waals surface area contributed by atoms with E-state index in [1.54, 1.807) is 7.05 Å². The number of hydrogen-bond acceptors (Lipinski definition) is 5. The van der Waals surface area contributed by atoms with Gasteiger partial charge in [-0.1, -0.05) is 0 Å². The van der Waals surface area contributed by atoms with Crippen LogP contribution in [0.3, 0.4) is 0 Å². The number of rotatable bonds is 4. The maximum absolute atomic E-state index is 11.9. The van der Waals surface area contributed by atoms with E-state index < -0.39 is 5.60 Å². The third-order valence-corrected chi connectivity index (χ3v) is 6.41. The molecule has 1 amide bonds. The Morgan fingerprint density at radius 2 is 2.08 bits per heavy atom. The fourth-order valence-electron chi connectivity index (χ4n) is 3.38. The monoisotopic (exact) mass is 423 g/mol. The van der Waals surface area contributed by atoms with Crippen molar-refractivity contribution in [2.24, 2.45) is 0 Å². The molecule has 1 saturated carbocycles. The summed E-state index contributed by atoms with van der Waals surface area (Å²) >= 11 is 4.98. The van der Waals surface area contributed by atoms with Crippen LogP contribution in [0.4, 0.5) is 4.79 Å². The van der Waals surface area contributed by atoms with Gasteiger partial charge in [0.05, 0.1) is 11.4 Å². The number of carbonyl (C=O) groups excluding carboxylic acids is 1. The van der Waals surface area contributed by atoms with Crippen LogP contribution < -0.4 is 5.32 Å². The van der Waals surface area contributed by atoms with E-state index in [0.29, 0.717) is 6.42 Å². The molecule has 0 spiro atoms. The molecule has 0 saturated heterocycles. The number of nitrogens with zero attached hydrogens (tertiary/aromatic N) is 2. The summed E-state index contributed by atoms with van der Waals surface area (Å²) in [5.41, 5.74) is 3.42. The Labute approximate surface area is 160 Å². The molecule has 0 atom stereocenters. The van der Waals surface area contributed by atoms with Crippen LogP contribution in [-0.4, -0.2) is 28.1 Å². The molecule has 7 heteroatoms. The summed E-state index contributed by atoms with van der Waals surface area (Å²) in [5, 5.41) is 2.58. The average molecular weight is 424 g/mol. The molecular formula is C18H22BrN3O2S. The van der Waals surface area contributed by atoms with Crippen LogP contribution in [0.25, 0.3) is 11.4 Å². The first-order chi connectivity index (χ1) is 11.9. The van der Waals surface area contributed by atoms with Gasteiger partial charge in [-0.25, -0.2) is 4.79 Å². The largest absolute Gasteiger partial charge is 0.443 e. The minimum Gasteiger partial charge on any atom is -0.443 e. The van der Waals surface area contributed by atoms with Gasteiger partial charge >= 0.3 is 6.09 Å².